The van der Waals surface area contributed by atoms with Crippen LogP contribution >= 0.6 is 0 Å². The fourth-order valence-electron chi connectivity index (χ4n) is 3.98. The Balaban J connectivity index is 1.82. The molecule has 0 saturated carbocycles. The van der Waals surface area contributed by atoms with Gasteiger partial charge in [0, 0.05) is 10.9 Å². The largest absolute Gasteiger partial charge is 0.422 e. The van der Waals surface area contributed by atoms with E-state index in [1.54, 1.807) is 24.3 Å². The summed E-state index contributed by atoms with van der Waals surface area (Å²) >= 11 is 0. The fourth-order valence-corrected chi connectivity index (χ4v) is 3.98. The lowest BCUT2D eigenvalue weighted by atomic mass is 9.97. The fraction of sp³-hybridized carbons (Fsp3) is 0.0800. The van der Waals surface area contributed by atoms with Crippen LogP contribution in [0.5, 0.6) is 0 Å². The van der Waals surface area contributed by atoms with Crippen LogP contribution in [0.15, 0.2) is 82.0 Å². The average molecular weight is 473 g/mol. The monoisotopic (exact) mass is 473 g/mol. The molecule has 2 aromatic heterocycles. The van der Waals surface area contributed by atoms with Gasteiger partial charge < -0.3 is 9.40 Å². The Labute approximate surface area is 187 Å². The van der Waals surface area contributed by atoms with Crippen molar-refractivity contribution in [2.75, 3.05) is 0 Å². The smallest absolute Gasteiger partial charge is 0.416 e. The second kappa shape index (κ2) is 7.51. The number of hydrogen-bond donors (Lipinski definition) is 1. The van der Waals surface area contributed by atoms with E-state index < -0.39 is 29.1 Å². The van der Waals surface area contributed by atoms with Gasteiger partial charge in [0.05, 0.1) is 27.7 Å². The zero-order valence-electron chi connectivity index (χ0n) is 17.0. The van der Waals surface area contributed by atoms with E-state index in [0.717, 1.165) is 24.3 Å². The van der Waals surface area contributed by atoms with Crippen molar-refractivity contribution in [2.24, 2.45) is 0 Å². The van der Waals surface area contributed by atoms with Crippen molar-refractivity contribution in [3.05, 3.63) is 94.3 Å². The van der Waals surface area contributed by atoms with Crippen molar-refractivity contribution >= 4 is 21.9 Å². The topological polar surface area (TPSA) is 46.0 Å². The molecule has 9 heteroatoms. The maximum atomic E-state index is 13.1. The van der Waals surface area contributed by atoms with Gasteiger partial charge in [-0.05, 0) is 47.5 Å². The minimum Gasteiger partial charge on any atom is -0.422 e. The van der Waals surface area contributed by atoms with E-state index in [1.165, 1.54) is 24.3 Å². The molecule has 172 valence electrons. The molecule has 3 nitrogen and oxygen atoms in total. The van der Waals surface area contributed by atoms with Gasteiger partial charge >= 0.3 is 18.0 Å². The summed E-state index contributed by atoms with van der Waals surface area (Å²) in [6.45, 7) is 0. The predicted octanol–water partition coefficient (Wildman–Crippen LogP) is 7.65. The molecule has 34 heavy (non-hydrogen) atoms. The van der Waals surface area contributed by atoms with Gasteiger partial charge in [-0.1, -0.05) is 36.4 Å². The zero-order chi connectivity index (χ0) is 24.3. The highest BCUT2D eigenvalue weighted by molar-refractivity contribution is 6.12. The highest BCUT2D eigenvalue weighted by Gasteiger charge is 2.31. The summed E-state index contributed by atoms with van der Waals surface area (Å²) in [4.78, 5) is 16.0. The van der Waals surface area contributed by atoms with Crippen LogP contribution in [0.25, 0.3) is 44.3 Å². The maximum Gasteiger partial charge on any atom is 0.416 e. The summed E-state index contributed by atoms with van der Waals surface area (Å²) in [5.41, 5.74) is -0.665. The summed E-state index contributed by atoms with van der Waals surface area (Å²) in [5, 5.41) is 0.636. The molecule has 0 aliphatic heterocycles. The second-order valence-corrected chi connectivity index (χ2v) is 7.66. The molecule has 1 N–H and O–H groups in total. The summed E-state index contributed by atoms with van der Waals surface area (Å²) in [5.74, 6) is 0. The highest BCUT2D eigenvalue weighted by Crippen LogP contribution is 2.41. The number of rotatable bonds is 2. The molecule has 3 aromatic carbocycles. The van der Waals surface area contributed by atoms with Gasteiger partial charge in [0.25, 0.3) is 0 Å². The number of aromatic nitrogens is 1. The number of fused-ring (bicyclic) bond motifs is 3. The lowest BCUT2D eigenvalue weighted by Crippen LogP contribution is -2.04. The highest BCUT2D eigenvalue weighted by atomic mass is 19.4. The molecule has 0 unspecified atom stereocenters. The average Bonchev–Trinajstić information content (AvgIpc) is 3.20. The summed E-state index contributed by atoms with van der Waals surface area (Å²) in [6.07, 6.45) is -9.09. The molecule has 0 saturated heterocycles. The number of halogens is 6. The van der Waals surface area contributed by atoms with Crippen LogP contribution in [0.4, 0.5) is 26.3 Å². The molecule has 0 atom stereocenters. The van der Waals surface area contributed by atoms with E-state index >= 15 is 0 Å². The third-order valence-electron chi connectivity index (χ3n) is 5.56. The van der Waals surface area contributed by atoms with Gasteiger partial charge in [-0.3, -0.25) is 0 Å². The Bertz CT molecular complexity index is 1570. The molecular weight excluding hydrogens is 460 g/mol. The summed E-state index contributed by atoms with van der Waals surface area (Å²) < 4.78 is 83.8. The molecule has 0 aliphatic carbocycles. The van der Waals surface area contributed by atoms with E-state index in [-0.39, 0.29) is 22.2 Å². The first-order chi connectivity index (χ1) is 16.0. The number of aromatic amines is 1. The number of benzene rings is 3. The van der Waals surface area contributed by atoms with Crippen molar-refractivity contribution < 1.29 is 30.8 Å². The number of para-hydroxylation sites is 1. The van der Waals surface area contributed by atoms with Crippen molar-refractivity contribution in [1.82, 2.24) is 4.98 Å². The number of alkyl halides is 6. The van der Waals surface area contributed by atoms with Crippen molar-refractivity contribution in [2.45, 2.75) is 12.4 Å². The van der Waals surface area contributed by atoms with Crippen molar-refractivity contribution in [1.29, 1.82) is 0 Å². The Morgan fingerprint density at radius 1 is 0.676 bits per heavy atom. The lowest BCUT2D eigenvalue weighted by molar-refractivity contribution is -0.138. The molecule has 5 aromatic rings. The normalized spacial score (nSPS) is 12.5. The zero-order valence-corrected chi connectivity index (χ0v) is 17.0. The lowest BCUT2D eigenvalue weighted by Gasteiger charge is -2.10. The molecule has 0 aliphatic rings. The molecule has 2 heterocycles. The van der Waals surface area contributed by atoms with E-state index in [0.29, 0.717) is 22.0 Å². The Hall–Kier alpha value is -4.01. The third kappa shape index (κ3) is 3.63. The van der Waals surface area contributed by atoms with E-state index in [4.69, 9.17) is 4.42 Å². The Morgan fingerprint density at radius 2 is 1.21 bits per heavy atom. The van der Waals surface area contributed by atoms with Gasteiger partial charge in [0.1, 0.15) is 5.58 Å². The summed E-state index contributed by atoms with van der Waals surface area (Å²) in [7, 11) is 0. The van der Waals surface area contributed by atoms with Gasteiger partial charge in [-0.2, -0.15) is 26.3 Å². The van der Waals surface area contributed by atoms with Gasteiger partial charge in [-0.25, -0.2) is 4.79 Å². The summed E-state index contributed by atoms with van der Waals surface area (Å²) in [6, 6.07) is 15.2. The van der Waals surface area contributed by atoms with Crippen LogP contribution in [0.1, 0.15) is 11.1 Å². The van der Waals surface area contributed by atoms with Crippen LogP contribution in [0.3, 0.4) is 0 Å². The molecule has 0 bridgehead atoms. The standard InChI is InChI=1S/C25H13F6NO2/c26-24(27,28)15-9-5-13(6-10-15)19-20-22(17-3-1-2-4-18(17)34-23(20)33)32-21(19)14-7-11-16(12-8-14)25(29,30)31/h1-12,32H. The van der Waals surface area contributed by atoms with Crippen LogP contribution in [0, 0.1) is 0 Å². The molecule has 0 fully saturated rings. The molecule has 0 spiro atoms. The van der Waals surface area contributed by atoms with E-state index in [1.807, 2.05) is 0 Å². The predicted molar refractivity (Wildman–Crippen MR) is 115 cm³/mol. The van der Waals surface area contributed by atoms with Crippen LogP contribution in [0.2, 0.25) is 0 Å². The van der Waals surface area contributed by atoms with Crippen LogP contribution < -0.4 is 5.63 Å². The first kappa shape index (κ1) is 21.8. The van der Waals surface area contributed by atoms with Crippen LogP contribution in [-0.2, 0) is 12.4 Å². The van der Waals surface area contributed by atoms with Crippen molar-refractivity contribution in [3.63, 3.8) is 0 Å². The minimum absolute atomic E-state index is 0.0911. The van der Waals surface area contributed by atoms with Crippen LogP contribution in [-0.4, -0.2) is 4.98 Å². The van der Waals surface area contributed by atoms with Gasteiger partial charge in [-0.15, -0.1) is 0 Å². The second-order valence-electron chi connectivity index (χ2n) is 7.66. The van der Waals surface area contributed by atoms with E-state index in [9.17, 15) is 31.1 Å². The SMILES string of the molecule is O=c1oc2ccccc2c2[nH]c(-c3ccc(C(F)(F)F)cc3)c(-c3ccc(C(F)(F)F)cc3)c12. The molecule has 0 amide bonds. The van der Waals surface area contributed by atoms with Gasteiger partial charge in [0.2, 0.25) is 0 Å². The molecule has 5 rings (SSSR count). The molecule has 0 radical (unpaired) electrons. The maximum absolute atomic E-state index is 13.1. The van der Waals surface area contributed by atoms with Crippen molar-refractivity contribution in [3.8, 4) is 22.4 Å². The quantitative estimate of drug-likeness (QED) is 0.212. The minimum atomic E-state index is -4.55. The first-order valence-electron chi connectivity index (χ1n) is 9.97. The Kier molecular flexibility index (Phi) is 4.82. The first-order valence-corrected chi connectivity index (χ1v) is 9.97. The third-order valence-corrected chi connectivity index (χ3v) is 5.56. The number of hydrogen-bond acceptors (Lipinski definition) is 2. The Morgan fingerprint density at radius 3 is 1.76 bits per heavy atom. The number of nitrogens with one attached hydrogen (secondary N) is 1. The van der Waals surface area contributed by atoms with E-state index in [2.05, 4.69) is 4.98 Å². The number of H-pyrrole nitrogens is 1. The van der Waals surface area contributed by atoms with Gasteiger partial charge in [0.15, 0.2) is 0 Å². The molecular formula is C25H13F6NO2.